The number of benzene rings is 2. The highest BCUT2D eigenvalue weighted by atomic mass is 16.1. The number of hydrogen-bond donors (Lipinski definition) is 2. The lowest BCUT2D eigenvalue weighted by molar-refractivity contribution is 0.102. The summed E-state index contributed by atoms with van der Waals surface area (Å²) in [5, 5.41) is 6.21. The Bertz CT molecular complexity index is 872. The van der Waals surface area contributed by atoms with Gasteiger partial charge in [-0.1, -0.05) is 42.0 Å². The number of nitrogens with zero attached hydrogens (tertiary/aromatic N) is 1. The standard InChI is InChI=1S/C21H21N3O/c1-15-6-8-17(9-7-15)12-23-20-11-18(13-22-14-20)21(25)24-19-5-3-4-16(2)10-19/h3-11,13-14,23H,12H2,1-2H3,(H,24,25). The zero-order valence-electron chi connectivity index (χ0n) is 14.4. The van der Waals surface area contributed by atoms with Crippen molar-refractivity contribution in [1.82, 2.24) is 4.98 Å². The highest BCUT2D eigenvalue weighted by Gasteiger charge is 2.08. The number of amides is 1. The second kappa shape index (κ2) is 7.62. The second-order valence-electron chi connectivity index (χ2n) is 6.13. The molecule has 1 amide bonds. The number of carbonyl (C=O) groups excluding carboxylic acids is 1. The van der Waals surface area contributed by atoms with Gasteiger partial charge in [-0.05, 0) is 43.2 Å². The lowest BCUT2D eigenvalue weighted by Crippen LogP contribution is -2.13. The van der Waals surface area contributed by atoms with E-state index in [1.807, 2.05) is 37.3 Å². The molecule has 0 aliphatic rings. The third kappa shape index (κ3) is 4.67. The number of carbonyl (C=O) groups is 1. The molecule has 0 aliphatic heterocycles. The van der Waals surface area contributed by atoms with Crippen molar-refractivity contribution < 1.29 is 4.79 Å². The predicted octanol–water partition coefficient (Wildman–Crippen LogP) is 4.56. The van der Waals surface area contributed by atoms with Gasteiger partial charge in [0.05, 0.1) is 11.3 Å². The van der Waals surface area contributed by atoms with Gasteiger partial charge >= 0.3 is 0 Å². The average Bonchev–Trinajstić information content (AvgIpc) is 2.61. The molecule has 3 rings (SSSR count). The van der Waals surface area contributed by atoms with Crippen molar-refractivity contribution in [2.75, 3.05) is 10.6 Å². The summed E-state index contributed by atoms with van der Waals surface area (Å²) in [7, 11) is 0. The Morgan fingerprint density at radius 2 is 1.72 bits per heavy atom. The molecule has 0 fully saturated rings. The van der Waals surface area contributed by atoms with Crippen LogP contribution >= 0.6 is 0 Å². The molecule has 0 aliphatic carbocycles. The maximum absolute atomic E-state index is 12.4. The van der Waals surface area contributed by atoms with Crippen LogP contribution in [0.4, 0.5) is 11.4 Å². The van der Waals surface area contributed by atoms with Crippen LogP contribution in [-0.4, -0.2) is 10.9 Å². The summed E-state index contributed by atoms with van der Waals surface area (Å²) in [6.45, 7) is 4.75. The maximum atomic E-state index is 12.4. The Labute approximate surface area is 147 Å². The summed E-state index contributed by atoms with van der Waals surface area (Å²) in [6, 6.07) is 17.9. The maximum Gasteiger partial charge on any atom is 0.257 e. The fourth-order valence-corrected chi connectivity index (χ4v) is 2.50. The van der Waals surface area contributed by atoms with Crippen molar-refractivity contribution in [3.05, 3.63) is 89.2 Å². The minimum absolute atomic E-state index is 0.169. The Balaban J connectivity index is 1.66. The van der Waals surface area contributed by atoms with Crippen LogP contribution in [0.2, 0.25) is 0 Å². The molecule has 3 aromatic rings. The molecule has 1 aromatic heterocycles. The third-order valence-electron chi connectivity index (χ3n) is 3.89. The van der Waals surface area contributed by atoms with Crippen LogP contribution in [0, 0.1) is 13.8 Å². The molecule has 0 saturated carbocycles. The van der Waals surface area contributed by atoms with E-state index >= 15 is 0 Å². The van der Waals surface area contributed by atoms with Gasteiger partial charge < -0.3 is 10.6 Å². The van der Waals surface area contributed by atoms with E-state index in [1.54, 1.807) is 12.4 Å². The number of pyridine rings is 1. The summed E-state index contributed by atoms with van der Waals surface area (Å²) in [5.41, 5.74) is 5.64. The molecule has 0 saturated heterocycles. The fraction of sp³-hybridized carbons (Fsp3) is 0.143. The van der Waals surface area contributed by atoms with Gasteiger partial charge in [0.1, 0.15) is 0 Å². The first-order chi connectivity index (χ1) is 12.1. The third-order valence-corrected chi connectivity index (χ3v) is 3.89. The van der Waals surface area contributed by atoms with Crippen molar-refractivity contribution in [3.63, 3.8) is 0 Å². The predicted molar refractivity (Wildman–Crippen MR) is 102 cm³/mol. The van der Waals surface area contributed by atoms with Crippen molar-refractivity contribution in [3.8, 4) is 0 Å². The van der Waals surface area contributed by atoms with E-state index in [0.29, 0.717) is 12.1 Å². The first kappa shape index (κ1) is 16.7. The van der Waals surface area contributed by atoms with Crippen molar-refractivity contribution >= 4 is 17.3 Å². The summed E-state index contributed by atoms with van der Waals surface area (Å²) < 4.78 is 0. The minimum atomic E-state index is -0.169. The highest BCUT2D eigenvalue weighted by molar-refractivity contribution is 6.04. The van der Waals surface area contributed by atoms with Gasteiger partial charge in [-0.2, -0.15) is 0 Å². The monoisotopic (exact) mass is 331 g/mol. The largest absolute Gasteiger partial charge is 0.380 e. The second-order valence-corrected chi connectivity index (χ2v) is 6.13. The van der Waals surface area contributed by atoms with Gasteiger partial charge in [0.15, 0.2) is 0 Å². The molecule has 0 unspecified atom stereocenters. The van der Waals surface area contributed by atoms with Gasteiger partial charge in [0.2, 0.25) is 0 Å². The Kier molecular flexibility index (Phi) is 5.09. The molecular formula is C21H21N3O. The van der Waals surface area contributed by atoms with Crippen molar-refractivity contribution in [1.29, 1.82) is 0 Å². The van der Waals surface area contributed by atoms with E-state index in [2.05, 4.69) is 46.8 Å². The Morgan fingerprint density at radius 1 is 0.920 bits per heavy atom. The van der Waals surface area contributed by atoms with E-state index in [1.165, 1.54) is 11.1 Å². The van der Waals surface area contributed by atoms with Crippen molar-refractivity contribution in [2.24, 2.45) is 0 Å². The van der Waals surface area contributed by atoms with E-state index in [4.69, 9.17) is 0 Å². The molecule has 126 valence electrons. The molecule has 0 bridgehead atoms. The van der Waals surface area contributed by atoms with Crippen LogP contribution in [-0.2, 0) is 6.54 Å². The quantitative estimate of drug-likeness (QED) is 0.720. The molecule has 2 aromatic carbocycles. The van der Waals surface area contributed by atoms with Crippen LogP contribution in [0.25, 0.3) is 0 Å². The van der Waals surface area contributed by atoms with Gasteiger partial charge in [0, 0.05) is 24.6 Å². The highest BCUT2D eigenvalue weighted by Crippen LogP contribution is 2.14. The zero-order chi connectivity index (χ0) is 17.6. The summed E-state index contributed by atoms with van der Waals surface area (Å²) in [4.78, 5) is 16.6. The summed E-state index contributed by atoms with van der Waals surface area (Å²) in [5.74, 6) is -0.169. The van der Waals surface area contributed by atoms with E-state index in [9.17, 15) is 4.79 Å². The molecule has 0 radical (unpaired) electrons. The molecule has 4 heteroatoms. The van der Waals surface area contributed by atoms with Crippen LogP contribution in [0.15, 0.2) is 67.0 Å². The average molecular weight is 331 g/mol. The van der Waals surface area contributed by atoms with Crippen LogP contribution in [0.5, 0.6) is 0 Å². The SMILES string of the molecule is Cc1ccc(CNc2cncc(C(=O)Nc3cccc(C)c3)c2)cc1. The first-order valence-electron chi connectivity index (χ1n) is 8.23. The Morgan fingerprint density at radius 3 is 2.48 bits per heavy atom. The first-order valence-corrected chi connectivity index (χ1v) is 8.23. The number of aromatic nitrogens is 1. The molecule has 0 atom stereocenters. The minimum Gasteiger partial charge on any atom is -0.380 e. The van der Waals surface area contributed by atoms with Gasteiger partial charge in [-0.25, -0.2) is 0 Å². The number of rotatable bonds is 5. The summed E-state index contributed by atoms with van der Waals surface area (Å²) >= 11 is 0. The number of anilines is 2. The molecular weight excluding hydrogens is 310 g/mol. The lowest BCUT2D eigenvalue weighted by Gasteiger charge is -2.09. The van der Waals surface area contributed by atoms with Crippen LogP contribution in [0.3, 0.4) is 0 Å². The zero-order valence-corrected chi connectivity index (χ0v) is 14.4. The van der Waals surface area contributed by atoms with Gasteiger partial charge in [0.25, 0.3) is 5.91 Å². The molecule has 4 nitrogen and oxygen atoms in total. The van der Waals surface area contributed by atoms with E-state index in [-0.39, 0.29) is 5.91 Å². The fourth-order valence-electron chi connectivity index (χ4n) is 2.50. The molecule has 1 heterocycles. The van der Waals surface area contributed by atoms with E-state index in [0.717, 1.165) is 16.9 Å². The molecule has 2 N–H and O–H groups in total. The van der Waals surface area contributed by atoms with Gasteiger partial charge in [-0.3, -0.25) is 9.78 Å². The van der Waals surface area contributed by atoms with Crippen LogP contribution in [0.1, 0.15) is 27.0 Å². The topological polar surface area (TPSA) is 54.0 Å². The Hall–Kier alpha value is -3.14. The lowest BCUT2D eigenvalue weighted by atomic mass is 10.1. The smallest absolute Gasteiger partial charge is 0.257 e. The van der Waals surface area contributed by atoms with Crippen molar-refractivity contribution in [2.45, 2.75) is 20.4 Å². The molecule has 25 heavy (non-hydrogen) atoms. The normalized spacial score (nSPS) is 10.3. The number of aryl methyl sites for hydroxylation is 2. The van der Waals surface area contributed by atoms with E-state index < -0.39 is 0 Å². The van der Waals surface area contributed by atoms with Crippen LogP contribution < -0.4 is 10.6 Å². The summed E-state index contributed by atoms with van der Waals surface area (Å²) in [6.07, 6.45) is 3.29. The number of hydrogen-bond acceptors (Lipinski definition) is 3. The van der Waals surface area contributed by atoms with Gasteiger partial charge in [-0.15, -0.1) is 0 Å². The number of nitrogens with one attached hydrogen (secondary N) is 2. The molecule has 0 spiro atoms.